The molecule has 1 aliphatic rings. The van der Waals surface area contributed by atoms with E-state index < -0.39 is 0 Å². The first kappa shape index (κ1) is 23.8. The van der Waals surface area contributed by atoms with Gasteiger partial charge in [0.1, 0.15) is 5.69 Å². The Morgan fingerprint density at radius 1 is 1.00 bits per heavy atom. The highest BCUT2D eigenvalue weighted by Gasteiger charge is 2.18. The van der Waals surface area contributed by atoms with Crippen molar-refractivity contribution in [1.82, 2.24) is 20.1 Å². The molecule has 36 heavy (non-hydrogen) atoms. The molecule has 0 spiro atoms. The van der Waals surface area contributed by atoms with E-state index in [2.05, 4.69) is 31.5 Å². The topological polar surface area (TPSA) is 97.0 Å². The minimum atomic E-state index is -0.258. The summed E-state index contributed by atoms with van der Waals surface area (Å²) < 4.78 is 0. The molecule has 1 fully saturated rings. The second kappa shape index (κ2) is 10.8. The van der Waals surface area contributed by atoms with E-state index in [-0.39, 0.29) is 11.9 Å². The molecule has 2 aromatic heterocycles. The number of benzene rings is 2. The Kier molecular flexibility index (Phi) is 7.11. The van der Waals surface area contributed by atoms with Crippen molar-refractivity contribution in [1.29, 1.82) is 0 Å². The number of pyridine rings is 1. The maximum atomic E-state index is 13.2. The average molecular weight is 479 g/mol. The first-order valence-corrected chi connectivity index (χ1v) is 12.3. The van der Waals surface area contributed by atoms with Gasteiger partial charge in [-0.3, -0.25) is 14.7 Å². The van der Waals surface area contributed by atoms with E-state index in [0.717, 1.165) is 66.1 Å². The van der Waals surface area contributed by atoms with Crippen LogP contribution in [0, 0.1) is 6.92 Å². The van der Waals surface area contributed by atoms with Crippen LogP contribution in [0.1, 0.15) is 34.6 Å². The zero-order valence-corrected chi connectivity index (χ0v) is 20.4. The smallest absolute Gasteiger partial charge is 0.274 e. The Morgan fingerprint density at radius 3 is 2.64 bits per heavy atom. The van der Waals surface area contributed by atoms with Gasteiger partial charge in [-0.2, -0.15) is 10.2 Å². The molecule has 1 atom stereocenters. The molecule has 0 radical (unpaired) electrons. The zero-order valence-electron chi connectivity index (χ0n) is 20.4. The van der Waals surface area contributed by atoms with Crippen LogP contribution in [0.2, 0.25) is 0 Å². The molecule has 1 amide bonds. The molecule has 3 N–H and O–H groups in total. The van der Waals surface area contributed by atoms with Gasteiger partial charge < -0.3 is 11.1 Å². The van der Waals surface area contributed by atoms with Gasteiger partial charge in [0.2, 0.25) is 0 Å². The lowest BCUT2D eigenvalue weighted by Gasteiger charge is -2.30. The summed E-state index contributed by atoms with van der Waals surface area (Å²) >= 11 is 0. The predicted octanol–water partition coefficient (Wildman–Crippen LogP) is 4.69. The van der Waals surface area contributed by atoms with Crippen LogP contribution in [-0.4, -0.2) is 45.1 Å². The number of anilines is 1. The van der Waals surface area contributed by atoms with Crippen molar-refractivity contribution < 1.29 is 4.79 Å². The van der Waals surface area contributed by atoms with Crippen molar-refractivity contribution in [3.05, 3.63) is 95.9 Å². The number of rotatable bonds is 6. The quantitative estimate of drug-likeness (QED) is 0.417. The van der Waals surface area contributed by atoms with E-state index >= 15 is 0 Å². The monoisotopic (exact) mass is 478 g/mol. The summed E-state index contributed by atoms with van der Waals surface area (Å²) in [5.74, 6) is -0.258. The van der Waals surface area contributed by atoms with Gasteiger partial charge >= 0.3 is 0 Å². The van der Waals surface area contributed by atoms with E-state index in [0.29, 0.717) is 11.4 Å². The van der Waals surface area contributed by atoms with Gasteiger partial charge in [0.15, 0.2) is 0 Å². The van der Waals surface area contributed by atoms with E-state index in [4.69, 9.17) is 5.73 Å². The van der Waals surface area contributed by atoms with Crippen molar-refractivity contribution in [3.63, 3.8) is 0 Å². The predicted molar refractivity (Wildman–Crippen MR) is 142 cm³/mol. The Labute approximate surface area is 211 Å². The van der Waals surface area contributed by atoms with Crippen molar-refractivity contribution in [2.45, 2.75) is 32.4 Å². The highest BCUT2D eigenvalue weighted by atomic mass is 16.1. The summed E-state index contributed by atoms with van der Waals surface area (Å²) in [7, 11) is 0. The summed E-state index contributed by atoms with van der Waals surface area (Å²) in [4.78, 5) is 19.9. The number of piperidine rings is 1. The number of hydrogen-bond donors (Lipinski definition) is 2. The highest BCUT2D eigenvalue weighted by molar-refractivity contribution is 6.03. The molecule has 1 aliphatic heterocycles. The SMILES string of the molecule is Cc1ccc(-c2cc(CN3CCC[C@H](N)C3)cc(NC(=O)c3cc(-c4ccccc4)ccn3)c2)nn1. The number of nitrogens with one attached hydrogen (secondary N) is 1. The van der Waals surface area contributed by atoms with Crippen molar-refractivity contribution in [2.75, 3.05) is 18.4 Å². The largest absolute Gasteiger partial charge is 0.327 e. The highest BCUT2D eigenvalue weighted by Crippen LogP contribution is 2.26. The standard InChI is InChI=1S/C29H30N6O/c1-20-9-10-27(34-33-20)24-14-21(18-35-13-5-8-25(30)19-35)15-26(16-24)32-29(36)28-17-23(11-12-31-28)22-6-3-2-4-7-22/h2-4,6-7,9-12,14-17,25H,5,8,13,18-19,30H2,1H3,(H,32,36)/t25-/m0/s1. The van der Waals surface area contributed by atoms with Crippen LogP contribution >= 0.6 is 0 Å². The van der Waals surface area contributed by atoms with E-state index in [1.54, 1.807) is 6.20 Å². The van der Waals surface area contributed by atoms with Crippen LogP contribution < -0.4 is 11.1 Å². The minimum Gasteiger partial charge on any atom is -0.327 e. The summed E-state index contributed by atoms with van der Waals surface area (Å²) in [6.07, 6.45) is 3.82. The minimum absolute atomic E-state index is 0.201. The van der Waals surface area contributed by atoms with Gasteiger partial charge in [-0.1, -0.05) is 30.3 Å². The van der Waals surface area contributed by atoms with Crippen LogP contribution in [0.3, 0.4) is 0 Å². The van der Waals surface area contributed by atoms with Gasteiger partial charge in [-0.05, 0) is 85.5 Å². The van der Waals surface area contributed by atoms with Crippen LogP contribution in [0.5, 0.6) is 0 Å². The van der Waals surface area contributed by atoms with Crippen molar-refractivity contribution >= 4 is 11.6 Å². The number of aryl methyl sites for hydroxylation is 1. The number of carbonyl (C=O) groups is 1. The lowest BCUT2D eigenvalue weighted by atomic mass is 10.0. The maximum Gasteiger partial charge on any atom is 0.274 e. The van der Waals surface area contributed by atoms with Crippen LogP contribution in [0.15, 0.2) is 79.0 Å². The average Bonchev–Trinajstić information content (AvgIpc) is 2.89. The molecule has 2 aromatic carbocycles. The van der Waals surface area contributed by atoms with Gasteiger partial charge in [-0.15, -0.1) is 0 Å². The second-order valence-corrected chi connectivity index (χ2v) is 9.37. The maximum absolute atomic E-state index is 13.2. The van der Waals surface area contributed by atoms with Gasteiger partial charge in [0.05, 0.1) is 11.4 Å². The fourth-order valence-electron chi connectivity index (χ4n) is 4.61. The fraction of sp³-hybridized carbons (Fsp3) is 0.241. The summed E-state index contributed by atoms with van der Waals surface area (Å²) in [6, 6.07) is 23.8. The number of carbonyl (C=O) groups excluding carboxylic acids is 1. The Hall–Kier alpha value is -3.94. The molecule has 0 aliphatic carbocycles. The third kappa shape index (κ3) is 5.82. The number of nitrogens with two attached hydrogens (primary N) is 1. The number of amides is 1. The third-order valence-corrected chi connectivity index (χ3v) is 6.39. The molecular weight excluding hydrogens is 448 g/mol. The number of hydrogen-bond acceptors (Lipinski definition) is 6. The van der Waals surface area contributed by atoms with Crippen LogP contribution in [0.25, 0.3) is 22.4 Å². The third-order valence-electron chi connectivity index (χ3n) is 6.39. The Balaban J connectivity index is 1.43. The molecular formula is C29H30N6O. The molecule has 182 valence electrons. The second-order valence-electron chi connectivity index (χ2n) is 9.37. The summed E-state index contributed by atoms with van der Waals surface area (Å²) in [5.41, 5.74) is 12.9. The Morgan fingerprint density at radius 2 is 1.86 bits per heavy atom. The normalized spacial score (nSPS) is 16.0. The van der Waals surface area contributed by atoms with Crippen molar-refractivity contribution in [2.24, 2.45) is 5.73 Å². The van der Waals surface area contributed by atoms with E-state index in [9.17, 15) is 4.79 Å². The molecule has 0 unspecified atom stereocenters. The number of likely N-dealkylation sites (tertiary alicyclic amines) is 1. The van der Waals surface area contributed by atoms with Gasteiger partial charge in [0.25, 0.3) is 5.91 Å². The first-order valence-electron chi connectivity index (χ1n) is 12.3. The van der Waals surface area contributed by atoms with Crippen molar-refractivity contribution in [3.8, 4) is 22.4 Å². The lowest BCUT2D eigenvalue weighted by Crippen LogP contribution is -2.42. The van der Waals surface area contributed by atoms with Gasteiger partial charge in [0, 0.05) is 36.6 Å². The lowest BCUT2D eigenvalue weighted by molar-refractivity contribution is 0.102. The molecule has 7 nitrogen and oxygen atoms in total. The Bertz CT molecular complexity index is 1340. The van der Waals surface area contributed by atoms with E-state index in [1.165, 1.54) is 0 Å². The molecule has 1 saturated heterocycles. The number of aromatic nitrogens is 3. The first-order chi connectivity index (χ1) is 17.5. The summed E-state index contributed by atoms with van der Waals surface area (Å²) in [6.45, 7) is 4.55. The molecule has 7 heteroatoms. The van der Waals surface area contributed by atoms with Gasteiger partial charge in [-0.25, -0.2) is 0 Å². The van der Waals surface area contributed by atoms with Crippen LogP contribution in [-0.2, 0) is 6.54 Å². The fourth-order valence-corrected chi connectivity index (χ4v) is 4.61. The number of nitrogens with zero attached hydrogens (tertiary/aromatic N) is 4. The molecule has 5 rings (SSSR count). The van der Waals surface area contributed by atoms with Crippen LogP contribution in [0.4, 0.5) is 5.69 Å². The summed E-state index contributed by atoms with van der Waals surface area (Å²) in [5, 5.41) is 11.6. The molecule has 0 bridgehead atoms. The molecule has 3 heterocycles. The van der Waals surface area contributed by atoms with E-state index in [1.807, 2.05) is 73.7 Å². The zero-order chi connectivity index (χ0) is 24.9. The molecule has 4 aromatic rings. The molecule has 0 saturated carbocycles.